The highest BCUT2D eigenvalue weighted by Gasteiger charge is 2.37. The van der Waals surface area contributed by atoms with E-state index in [1.54, 1.807) is 23.1 Å². The van der Waals surface area contributed by atoms with Gasteiger partial charge >= 0.3 is 0 Å². The molecule has 1 aliphatic heterocycles. The second-order valence-electron chi connectivity index (χ2n) is 8.42. The molecule has 31 heavy (non-hydrogen) atoms. The Morgan fingerprint density at radius 1 is 1.16 bits per heavy atom. The molecular formula is C26H26N2O3. The van der Waals surface area contributed by atoms with Crippen molar-refractivity contribution in [3.8, 4) is 5.75 Å². The van der Waals surface area contributed by atoms with Crippen LogP contribution in [0, 0.1) is 5.41 Å². The van der Waals surface area contributed by atoms with Crippen molar-refractivity contribution >= 4 is 34.0 Å². The zero-order chi connectivity index (χ0) is 22.0. The second kappa shape index (κ2) is 8.26. The van der Waals surface area contributed by atoms with E-state index in [9.17, 15) is 9.59 Å². The molecule has 2 amide bonds. The molecule has 0 radical (unpaired) electrons. The van der Waals surface area contributed by atoms with Crippen LogP contribution in [0.4, 0.5) is 11.4 Å². The van der Waals surface area contributed by atoms with Crippen molar-refractivity contribution in [1.29, 1.82) is 0 Å². The largest absolute Gasteiger partial charge is 0.490 e. The Bertz CT molecular complexity index is 1160. The Balaban J connectivity index is 1.56. The molecule has 158 valence electrons. The third kappa shape index (κ3) is 4.17. The van der Waals surface area contributed by atoms with E-state index in [-0.39, 0.29) is 24.8 Å². The van der Waals surface area contributed by atoms with Gasteiger partial charge in [-0.05, 0) is 42.3 Å². The number of ether oxygens (including phenoxy) is 1. The standard InChI is InChI=1S/C26H26N2O3/c1-4-14-28-22-13-12-20(16-23(22)31-17-26(2,3)25(28)30)27-24(29)15-19-10-7-9-18-8-5-6-11-21(18)19/h4-13,16H,1,14-15,17H2,2-3H3,(H,27,29). The van der Waals surface area contributed by atoms with Gasteiger partial charge in [-0.25, -0.2) is 0 Å². The fourth-order valence-corrected chi connectivity index (χ4v) is 3.86. The first kappa shape index (κ1) is 20.7. The van der Waals surface area contributed by atoms with Gasteiger partial charge < -0.3 is 15.0 Å². The summed E-state index contributed by atoms with van der Waals surface area (Å²) in [6.07, 6.45) is 1.97. The summed E-state index contributed by atoms with van der Waals surface area (Å²) in [5.74, 6) is 0.451. The number of amides is 2. The van der Waals surface area contributed by atoms with Crippen LogP contribution in [0.15, 0.2) is 73.3 Å². The number of hydrogen-bond acceptors (Lipinski definition) is 3. The molecule has 0 aliphatic carbocycles. The van der Waals surface area contributed by atoms with Gasteiger partial charge in [-0.3, -0.25) is 9.59 Å². The SMILES string of the molecule is C=CCN1C(=O)C(C)(C)COc2cc(NC(=O)Cc3cccc4ccccc34)ccc21. The molecule has 3 aromatic rings. The molecule has 1 aliphatic rings. The van der Waals surface area contributed by atoms with Gasteiger partial charge in [0.2, 0.25) is 11.8 Å². The zero-order valence-electron chi connectivity index (χ0n) is 17.9. The van der Waals surface area contributed by atoms with E-state index in [1.807, 2.05) is 62.4 Å². The Labute approximate surface area is 182 Å². The zero-order valence-corrected chi connectivity index (χ0v) is 17.9. The van der Waals surface area contributed by atoms with E-state index in [2.05, 4.69) is 11.9 Å². The molecule has 5 nitrogen and oxygen atoms in total. The Morgan fingerprint density at radius 3 is 2.74 bits per heavy atom. The van der Waals surface area contributed by atoms with Crippen LogP contribution in [-0.4, -0.2) is 25.0 Å². The van der Waals surface area contributed by atoms with Crippen LogP contribution in [0.2, 0.25) is 0 Å². The van der Waals surface area contributed by atoms with Crippen LogP contribution in [0.25, 0.3) is 10.8 Å². The van der Waals surface area contributed by atoms with Crippen molar-refractivity contribution in [1.82, 2.24) is 0 Å². The average Bonchev–Trinajstić information content (AvgIpc) is 2.84. The molecule has 0 fully saturated rings. The molecule has 0 unspecified atom stereocenters. The van der Waals surface area contributed by atoms with E-state index in [0.29, 0.717) is 23.7 Å². The van der Waals surface area contributed by atoms with Crippen molar-refractivity contribution in [3.05, 3.63) is 78.9 Å². The molecule has 4 rings (SSSR count). The van der Waals surface area contributed by atoms with E-state index in [1.165, 1.54) is 0 Å². The lowest BCUT2D eigenvalue weighted by Gasteiger charge is -2.27. The average molecular weight is 415 g/mol. The van der Waals surface area contributed by atoms with Gasteiger partial charge in [0.25, 0.3) is 0 Å². The van der Waals surface area contributed by atoms with Gasteiger partial charge in [-0.15, -0.1) is 6.58 Å². The fraction of sp³-hybridized carbons (Fsp3) is 0.231. The lowest BCUT2D eigenvalue weighted by atomic mass is 9.93. The van der Waals surface area contributed by atoms with Gasteiger partial charge in [0.15, 0.2) is 0 Å². The number of fused-ring (bicyclic) bond motifs is 2. The first-order valence-electron chi connectivity index (χ1n) is 10.4. The summed E-state index contributed by atoms with van der Waals surface area (Å²) in [4.78, 5) is 27.4. The first-order valence-corrected chi connectivity index (χ1v) is 10.4. The Kier molecular flexibility index (Phi) is 5.51. The van der Waals surface area contributed by atoms with E-state index in [0.717, 1.165) is 16.3 Å². The lowest BCUT2D eigenvalue weighted by Crippen LogP contribution is -2.42. The number of hydrogen-bond donors (Lipinski definition) is 1. The van der Waals surface area contributed by atoms with E-state index >= 15 is 0 Å². The third-order valence-corrected chi connectivity index (χ3v) is 5.49. The summed E-state index contributed by atoms with van der Waals surface area (Å²) in [7, 11) is 0. The van der Waals surface area contributed by atoms with Crippen molar-refractivity contribution in [2.45, 2.75) is 20.3 Å². The van der Waals surface area contributed by atoms with Gasteiger partial charge in [0.05, 0.1) is 17.5 Å². The first-order chi connectivity index (χ1) is 14.9. The van der Waals surface area contributed by atoms with Gasteiger partial charge in [-0.1, -0.05) is 48.5 Å². The third-order valence-electron chi connectivity index (χ3n) is 5.49. The predicted molar refractivity (Wildman–Crippen MR) is 125 cm³/mol. The maximum Gasteiger partial charge on any atom is 0.236 e. The van der Waals surface area contributed by atoms with Crippen LogP contribution in [0.5, 0.6) is 5.75 Å². The summed E-state index contributed by atoms with van der Waals surface area (Å²) in [5, 5.41) is 5.15. The van der Waals surface area contributed by atoms with Gasteiger partial charge in [-0.2, -0.15) is 0 Å². The normalized spacial score (nSPS) is 15.0. The number of nitrogens with one attached hydrogen (secondary N) is 1. The van der Waals surface area contributed by atoms with Crippen LogP contribution in [0.3, 0.4) is 0 Å². The molecular weight excluding hydrogens is 388 g/mol. The molecule has 5 heteroatoms. The van der Waals surface area contributed by atoms with Crippen LogP contribution in [-0.2, 0) is 16.0 Å². The minimum atomic E-state index is -0.653. The number of carbonyl (C=O) groups is 2. The minimum absolute atomic E-state index is 0.0149. The highest BCUT2D eigenvalue weighted by Crippen LogP contribution is 2.38. The quantitative estimate of drug-likeness (QED) is 0.601. The van der Waals surface area contributed by atoms with Crippen molar-refractivity contribution < 1.29 is 14.3 Å². The molecule has 0 atom stereocenters. The molecule has 1 heterocycles. The number of rotatable bonds is 5. The molecule has 0 saturated heterocycles. The summed E-state index contributed by atoms with van der Waals surface area (Å²) in [6, 6.07) is 19.4. The Hall–Kier alpha value is -3.60. The molecule has 0 bridgehead atoms. The predicted octanol–water partition coefficient (Wildman–Crippen LogP) is 4.96. The summed E-state index contributed by atoms with van der Waals surface area (Å²) < 4.78 is 5.96. The fourth-order valence-electron chi connectivity index (χ4n) is 3.86. The summed E-state index contributed by atoms with van der Waals surface area (Å²) in [6.45, 7) is 8.16. The smallest absolute Gasteiger partial charge is 0.236 e. The Morgan fingerprint density at radius 2 is 1.94 bits per heavy atom. The van der Waals surface area contributed by atoms with Gasteiger partial charge in [0, 0.05) is 18.3 Å². The van der Waals surface area contributed by atoms with Crippen LogP contribution < -0.4 is 15.0 Å². The van der Waals surface area contributed by atoms with Crippen molar-refractivity contribution in [2.75, 3.05) is 23.4 Å². The van der Waals surface area contributed by atoms with E-state index < -0.39 is 5.41 Å². The van der Waals surface area contributed by atoms with E-state index in [4.69, 9.17) is 4.74 Å². The number of nitrogens with zero attached hydrogens (tertiary/aromatic N) is 1. The highest BCUT2D eigenvalue weighted by molar-refractivity contribution is 6.01. The van der Waals surface area contributed by atoms with Crippen molar-refractivity contribution in [2.24, 2.45) is 5.41 Å². The number of benzene rings is 3. The topological polar surface area (TPSA) is 58.6 Å². The lowest BCUT2D eigenvalue weighted by molar-refractivity contribution is -0.127. The molecule has 0 spiro atoms. The highest BCUT2D eigenvalue weighted by atomic mass is 16.5. The van der Waals surface area contributed by atoms with Gasteiger partial charge in [0.1, 0.15) is 12.4 Å². The monoisotopic (exact) mass is 414 g/mol. The molecule has 1 N–H and O–H groups in total. The van der Waals surface area contributed by atoms with Crippen molar-refractivity contribution in [3.63, 3.8) is 0 Å². The number of anilines is 2. The minimum Gasteiger partial charge on any atom is -0.490 e. The number of carbonyl (C=O) groups excluding carboxylic acids is 2. The molecule has 0 aromatic heterocycles. The maximum absolute atomic E-state index is 12.9. The maximum atomic E-state index is 12.9. The summed E-state index contributed by atoms with van der Waals surface area (Å²) >= 11 is 0. The molecule has 3 aromatic carbocycles. The second-order valence-corrected chi connectivity index (χ2v) is 8.42. The van der Waals surface area contributed by atoms with Crippen LogP contribution >= 0.6 is 0 Å². The van der Waals surface area contributed by atoms with Crippen LogP contribution in [0.1, 0.15) is 19.4 Å². The summed E-state index contributed by atoms with van der Waals surface area (Å²) in [5.41, 5.74) is 1.64. The molecule has 0 saturated carbocycles.